The van der Waals surface area contributed by atoms with Gasteiger partial charge in [-0.2, -0.15) is 0 Å². The van der Waals surface area contributed by atoms with Gasteiger partial charge in [-0.15, -0.1) is 0 Å². The van der Waals surface area contributed by atoms with Crippen molar-refractivity contribution in [1.29, 1.82) is 0 Å². The molecule has 8 heteroatoms. The third-order valence-electron chi connectivity index (χ3n) is 6.70. The zero-order chi connectivity index (χ0) is 28.6. The Labute approximate surface area is 239 Å². The number of rotatable bonds is 26. The van der Waals surface area contributed by atoms with Gasteiger partial charge in [0.1, 0.15) is 25.5 Å². The van der Waals surface area contributed by atoms with E-state index in [9.17, 15) is 9.69 Å². The molecule has 0 amide bonds. The molecule has 0 radical (unpaired) electrons. The number of ether oxygens (including phenoxy) is 2. The maximum Gasteiger partial charge on any atom is 0.330 e. The number of aryl methyl sites for hydroxylation is 1. The van der Waals surface area contributed by atoms with E-state index in [-0.39, 0.29) is 13.2 Å². The molecular weight excluding hydrogens is 513 g/mol. The Bertz CT molecular complexity index is 720. The van der Waals surface area contributed by atoms with Crippen LogP contribution in [-0.4, -0.2) is 57.4 Å². The molecule has 7 nitrogen and oxygen atoms in total. The van der Waals surface area contributed by atoms with Gasteiger partial charge in [0.05, 0.1) is 20.7 Å². The molecule has 2 unspecified atom stereocenters. The minimum atomic E-state index is -2.02. The number of unbranched alkanes of at least 4 members (excludes halogenated alkanes) is 13. The van der Waals surface area contributed by atoms with E-state index in [0.717, 1.165) is 30.7 Å². The fourth-order valence-corrected chi connectivity index (χ4v) is 5.02. The third kappa shape index (κ3) is 21.2. The molecule has 1 rings (SSSR count). The Morgan fingerprint density at radius 2 is 1.41 bits per heavy atom. The van der Waals surface area contributed by atoms with Crippen molar-refractivity contribution >= 4 is 14.6 Å². The molecular formula is C31H57NO6P+. The summed E-state index contributed by atoms with van der Waals surface area (Å²) in [6, 6.07) is 8.04. The number of quaternary nitrogens is 1. The molecule has 0 aliphatic carbocycles. The minimum absolute atomic E-state index is 0.0116. The van der Waals surface area contributed by atoms with Crippen molar-refractivity contribution in [2.45, 2.75) is 116 Å². The molecule has 0 aliphatic heterocycles. The number of nitrogens with one attached hydrogen (secondary N) is 1. The van der Waals surface area contributed by atoms with Crippen LogP contribution in [0.1, 0.15) is 109 Å². The normalized spacial score (nSPS) is 13.0. The van der Waals surface area contributed by atoms with Crippen LogP contribution in [0.15, 0.2) is 24.3 Å². The molecule has 39 heavy (non-hydrogen) atoms. The summed E-state index contributed by atoms with van der Waals surface area (Å²) in [5.41, 5.74) is 1.16. The van der Waals surface area contributed by atoms with Crippen molar-refractivity contribution < 1.29 is 33.1 Å². The first-order chi connectivity index (χ1) is 18.9. The molecule has 2 N–H and O–H groups in total. The average molecular weight is 571 g/mol. The number of esters is 1. The van der Waals surface area contributed by atoms with Crippen molar-refractivity contribution in [2.24, 2.45) is 0 Å². The van der Waals surface area contributed by atoms with Crippen LogP contribution in [0.4, 0.5) is 0 Å². The summed E-state index contributed by atoms with van der Waals surface area (Å²) in [4.78, 5) is 22.7. The van der Waals surface area contributed by atoms with Crippen LogP contribution in [0.25, 0.3) is 0 Å². The summed E-state index contributed by atoms with van der Waals surface area (Å²) in [6.45, 7) is 4.95. The Kier molecular flexibility index (Phi) is 22.5. The zero-order valence-electron chi connectivity index (χ0n) is 25.3. The molecule has 1 aromatic rings. The fourth-order valence-electron chi connectivity index (χ4n) is 4.41. The number of carbonyl (C=O) groups excluding carboxylic acids is 1. The number of hydrogen-bond acceptors (Lipinski definition) is 6. The van der Waals surface area contributed by atoms with E-state index in [1.54, 1.807) is 0 Å². The van der Waals surface area contributed by atoms with Gasteiger partial charge in [-0.25, -0.2) is 0 Å². The first kappa shape index (κ1) is 35.8. The fraction of sp³-hybridized carbons (Fsp3) is 0.774. The van der Waals surface area contributed by atoms with Gasteiger partial charge in [-0.3, -0.25) is 4.79 Å². The highest BCUT2D eigenvalue weighted by Crippen LogP contribution is 2.32. The van der Waals surface area contributed by atoms with E-state index >= 15 is 0 Å². The number of hydrogen-bond donors (Lipinski definition) is 2. The molecule has 0 bridgehead atoms. The Balaban J connectivity index is 2.25. The highest BCUT2D eigenvalue weighted by Gasteiger charge is 2.18. The second-order valence-corrected chi connectivity index (χ2v) is 11.8. The predicted molar refractivity (Wildman–Crippen MR) is 160 cm³/mol. The van der Waals surface area contributed by atoms with Crippen LogP contribution in [0.5, 0.6) is 5.75 Å². The van der Waals surface area contributed by atoms with Gasteiger partial charge in [0.25, 0.3) is 0 Å². The Hall–Kier alpha value is -1.24. The lowest BCUT2D eigenvalue weighted by molar-refractivity contribution is -0.858. The van der Waals surface area contributed by atoms with Crippen LogP contribution < -0.4 is 9.64 Å². The van der Waals surface area contributed by atoms with Crippen LogP contribution in [0.2, 0.25) is 0 Å². The first-order valence-corrected chi connectivity index (χ1v) is 16.5. The maximum atomic E-state index is 11.6. The van der Waals surface area contributed by atoms with E-state index in [0.29, 0.717) is 6.61 Å². The SMILES string of the molecule is CCCCCCCCCCCCCCCCc1ccccc1OCC(COP(O)OCC[NH+](C)C)OC(C)=O. The molecule has 0 saturated heterocycles. The smallest absolute Gasteiger partial charge is 0.330 e. The lowest BCUT2D eigenvalue weighted by Crippen LogP contribution is -3.06. The largest absolute Gasteiger partial charge is 0.489 e. The van der Waals surface area contributed by atoms with Gasteiger partial charge in [0.15, 0.2) is 6.10 Å². The van der Waals surface area contributed by atoms with E-state index < -0.39 is 20.7 Å². The van der Waals surface area contributed by atoms with Gasteiger partial charge in [0.2, 0.25) is 0 Å². The summed E-state index contributed by atoms with van der Waals surface area (Å²) < 4.78 is 22.1. The molecule has 0 fully saturated rings. The zero-order valence-corrected chi connectivity index (χ0v) is 26.2. The summed E-state index contributed by atoms with van der Waals surface area (Å²) >= 11 is 0. The second kappa shape index (κ2) is 24.5. The van der Waals surface area contributed by atoms with E-state index in [1.165, 1.54) is 95.3 Å². The van der Waals surface area contributed by atoms with Crippen LogP contribution >= 0.6 is 8.60 Å². The van der Waals surface area contributed by atoms with Gasteiger partial charge in [0, 0.05) is 6.92 Å². The lowest BCUT2D eigenvalue weighted by Gasteiger charge is -2.20. The molecule has 0 heterocycles. The van der Waals surface area contributed by atoms with Gasteiger partial charge < -0.3 is 28.3 Å². The average Bonchev–Trinajstić information content (AvgIpc) is 2.90. The highest BCUT2D eigenvalue weighted by molar-refractivity contribution is 7.40. The van der Waals surface area contributed by atoms with Crippen molar-refractivity contribution in [3.63, 3.8) is 0 Å². The maximum absolute atomic E-state index is 11.6. The number of likely N-dealkylation sites (N-methyl/N-ethyl adjacent to an activating group) is 1. The predicted octanol–water partition coefficient (Wildman–Crippen LogP) is 6.42. The van der Waals surface area contributed by atoms with Gasteiger partial charge in [-0.1, -0.05) is 109 Å². The molecule has 2 atom stereocenters. The first-order valence-electron chi connectivity index (χ1n) is 15.3. The third-order valence-corrected chi connectivity index (χ3v) is 7.48. The van der Waals surface area contributed by atoms with Gasteiger partial charge in [-0.05, 0) is 24.5 Å². The Morgan fingerprint density at radius 1 is 0.846 bits per heavy atom. The van der Waals surface area contributed by atoms with Crippen LogP contribution in [0.3, 0.4) is 0 Å². The number of carbonyl (C=O) groups is 1. The van der Waals surface area contributed by atoms with Crippen LogP contribution in [-0.2, 0) is 25.0 Å². The number of para-hydroxylation sites is 1. The summed E-state index contributed by atoms with van der Waals surface area (Å²) in [7, 11) is 2.00. The molecule has 0 aliphatic rings. The monoisotopic (exact) mass is 570 g/mol. The topological polar surface area (TPSA) is 78.7 Å². The summed E-state index contributed by atoms with van der Waals surface area (Å²) in [5.74, 6) is 0.392. The summed E-state index contributed by atoms with van der Waals surface area (Å²) in [6.07, 6.45) is 19.2. The quantitative estimate of drug-likeness (QED) is 0.0761. The molecule has 0 aromatic heterocycles. The van der Waals surface area contributed by atoms with Crippen molar-refractivity contribution in [2.75, 3.05) is 40.5 Å². The lowest BCUT2D eigenvalue weighted by atomic mass is 10.0. The standard InChI is InChI=1S/C31H56NO6P/c1-5-6-7-8-9-10-11-12-13-14-15-16-17-18-21-29-22-19-20-23-31(29)35-26-30(38-28(2)33)27-37-39(34)36-25-24-32(3)4/h19-20,22-23,30,34H,5-18,21,24-27H2,1-4H3/p+1. The van der Waals surface area contributed by atoms with E-state index in [2.05, 4.69) is 13.0 Å². The molecule has 0 spiro atoms. The second-order valence-electron chi connectivity index (χ2n) is 10.8. The highest BCUT2D eigenvalue weighted by atomic mass is 31.2. The minimum Gasteiger partial charge on any atom is -0.489 e. The van der Waals surface area contributed by atoms with Crippen molar-refractivity contribution in [3.05, 3.63) is 29.8 Å². The van der Waals surface area contributed by atoms with E-state index in [4.69, 9.17) is 18.5 Å². The molecule has 226 valence electrons. The number of benzene rings is 1. The Morgan fingerprint density at radius 3 is 1.97 bits per heavy atom. The van der Waals surface area contributed by atoms with Crippen LogP contribution in [0, 0.1) is 0 Å². The van der Waals surface area contributed by atoms with Crippen molar-refractivity contribution in [3.8, 4) is 5.75 Å². The molecule has 1 aromatic carbocycles. The van der Waals surface area contributed by atoms with Crippen molar-refractivity contribution in [1.82, 2.24) is 0 Å². The van der Waals surface area contributed by atoms with Gasteiger partial charge >= 0.3 is 14.6 Å². The molecule has 0 saturated carbocycles. The summed E-state index contributed by atoms with van der Waals surface area (Å²) in [5, 5.41) is 0. The van der Waals surface area contributed by atoms with E-state index in [1.807, 2.05) is 32.3 Å².